The number of aliphatic hydroxyl groups excluding tert-OH is 1. The molecule has 1 aliphatic heterocycles. The van der Waals surface area contributed by atoms with Gasteiger partial charge in [0.15, 0.2) is 11.9 Å². The van der Waals surface area contributed by atoms with E-state index in [4.69, 9.17) is 14.2 Å². The molecule has 2 bridgehead atoms. The molecular weight excluding hydrogens is 470 g/mol. The Morgan fingerprint density at radius 3 is 2.57 bits per heavy atom. The van der Waals surface area contributed by atoms with Crippen LogP contribution in [-0.2, 0) is 14.2 Å². The number of carbonyl (C=O) groups excluding carboxylic acids is 1. The van der Waals surface area contributed by atoms with E-state index in [1.807, 2.05) is 45.0 Å². The van der Waals surface area contributed by atoms with Gasteiger partial charge in [0.2, 0.25) is 0 Å². The maximum atomic E-state index is 13.1. The van der Waals surface area contributed by atoms with Crippen LogP contribution in [0.3, 0.4) is 0 Å². The molecule has 9 atom stereocenters. The molecule has 200 valence electrons. The van der Waals surface area contributed by atoms with Gasteiger partial charge in [-0.15, -0.1) is 0 Å². The molecule has 37 heavy (non-hydrogen) atoms. The zero-order valence-electron chi connectivity index (χ0n) is 22.5. The normalized spacial score (nSPS) is 44.6. The van der Waals surface area contributed by atoms with Crippen molar-refractivity contribution in [2.24, 2.45) is 34.5 Å². The molecule has 1 heterocycles. The molecule has 5 aliphatic rings. The van der Waals surface area contributed by atoms with Crippen LogP contribution in [0.5, 0.6) is 0 Å². The summed E-state index contributed by atoms with van der Waals surface area (Å²) in [4.78, 5) is 13.1. The number of benzene rings is 1. The van der Waals surface area contributed by atoms with E-state index in [-0.39, 0.29) is 23.9 Å². The summed E-state index contributed by atoms with van der Waals surface area (Å²) in [7, 11) is 0. The third kappa shape index (κ3) is 3.37. The predicted octanol–water partition coefficient (Wildman–Crippen LogP) is 4.66. The van der Waals surface area contributed by atoms with Gasteiger partial charge in [-0.05, 0) is 73.6 Å². The predicted molar refractivity (Wildman–Crippen MR) is 138 cm³/mol. The van der Waals surface area contributed by atoms with Crippen molar-refractivity contribution in [3.05, 3.63) is 53.6 Å². The summed E-state index contributed by atoms with van der Waals surface area (Å²) in [6, 6.07) is 9.08. The van der Waals surface area contributed by atoms with Crippen molar-refractivity contribution in [1.82, 2.24) is 0 Å². The number of aliphatic hydroxyl groups is 2. The fourth-order valence-corrected chi connectivity index (χ4v) is 8.38. The second kappa shape index (κ2) is 7.92. The van der Waals surface area contributed by atoms with E-state index >= 15 is 0 Å². The fourth-order valence-electron chi connectivity index (χ4n) is 8.38. The van der Waals surface area contributed by atoms with Crippen LogP contribution >= 0.6 is 0 Å². The summed E-state index contributed by atoms with van der Waals surface area (Å²) >= 11 is 0. The molecule has 2 saturated carbocycles. The summed E-state index contributed by atoms with van der Waals surface area (Å²) in [6.07, 6.45) is 1.64. The molecular formula is C30H39NO6. The van der Waals surface area contributed by atoms with Gasteiger partial charge in [0.1, 0.15) is 11.7 Å². The molecule has 1 saturated heterocycles. The first-order chi connectivity index (χ1) is 17.3. The number of anilines is 1. The molecule has 7 nitrogen and oxygen atoms in total. The first-order valence-electron chi connectivity index (χ1n) is 13.5. The Kier molecular flexibility index (Phi) is 5.37. The minimum atomic E-state index is -1.72. The molecule has 1 amide bonds. The average molecular weight is 510 g/mol. The lowest BCUT2D eigenvalue weighted by atomic mass is 9.58. The van der Waals surface area contributed by atoms with Crippen molar-refractivity contribution in [3.8, 4) is 0 Å². The minimum absolute atomic E-state index is 0.0742. The highest BCUT2D eigenvalue weighted by atomic mass is 16.7. The maximum Gasteiger partial charge on any atom is 0.412 e. The highest BCUT2D eigenvalue weighted by Crippen LogP contribution is 2.73. The number of ether oxygens (including phenoxy) is 3. The number of hydrogen-bond acceptors (Lipinski definition) is 6. The van der Waals surface area contributed by atoms with Crippen LogP contribution in [0.15, 0.2) is 53.6 Å². The van der Waals surface area contributed by atoms with Gasteiger partial charge < -0.3 is 24.4 Å². The molecule has 1 unspecified atom stereocenters. The van der Waals surface area contributed by atoms with Crippen LogP contribution in [0.1, 0.15) is 48.0 Å². The van der Waals surface area contributed by atoms with Gasteiger partial charge in [-0.2, -0.15) is 0 Å². The number of rotatable bonds is 2. The first kappa shape index (κ1) is 25.1. The van der Waals surface area contributed by atoms with E-state index in [9.17, 15) is 15.0 Å². The molecule has 1 aromatic carbocycles. The molecule has 0 radical (unpaired) electrons. The van der Waals surface area contributed by atoms with Gasteiger partial charge in [0.05, 0.1) is 18.1 Å². The third-order valence-corrected chi connectivity index (χ3v) is 10.2. The number of fused-ring (bicyclic) bond motifs is 5. The van der Waals surface area contributed by atoms with Crippen LogP contribution in [0.25, 0.3) is 0 Å². The summed E-state index contributed by atoms with van der Waals surface area (Å²) < 4.78 is 18.6. The molecule has 0 aromatic heterocycles. The highest BCUT2D eigenvalue weighted by Gasteiger charge is 2.77. The van der Waals surface area contributed by atoms with E-state index in [1.165, 1.54) is 0 Å². The van der Waals surface area contributed by atoms with Crippen molar-refractivity contribution in [3.63, 3.8) is 0 Å². The molecule has 7 heteroatoms. The van der Waals surface area contributed by atoms with E-state index < -0.39 is 41.2 Å². The van der Waals surface area contributed by atoms with E-state index in [2.05, 4.69) is 32.2 Å². The SMILES string of the molecule is CC1=C[C@]23C(O)[C@@H](C=C4COC(C)(C)O[C@H]4[C@]2(O)[C@H]1OC(=O)Nc1ccccc1)[C@H]1[C@@H](C[C@H]3C)C1(C)C. The molecule has 1 spiro atoms. The maximum absolute atomic E-state index is 13.1. The van der Waals surface area contributed by atoms with E-state index in [0.29, 0.717) is 17.5 Å². The van der Waals surface area contributed by atoms with Gasteiger partial charge in [-0.3, -0.25) is 5.32 Å². The number of nitrogens with one attached hydrogen (secondary N) is 1. The number of amides is 1. The van der Waals surface area contributed by atoms with Gasteiger partial charge >= 0.3 is 6.09 Å². The second-order valence-corrected chi connectivity index (χ2v) is 13.0. The lowest BCUT2D eigenvalue weighted by Gasteiger charge is -2.55. The van der Waals surface area contributed by atoms with Crippen molar-refractivity contribution in [2.45, 2.75) is 77.7 Å². The van der Waals surface area contributed by atoms with Crippen LogP contribution in [-0.4, -0.2) is 52.6 Å². The molecule has 3 N–H and O–H groups in total. The Labute approximate surface area is 218 Å². The largest absolute Gasteiger partial charge is 0.438 e. The standard InChI is InChI=1S/C30H39NO6/c1-16-14-29-17(2)12-21-22(27(21,3)4)20(23(29)32)13-18-15-35-28(5,6)37-25(18)30(29,34)24(16)36-26(33)31-19-10-8-7-9-11-19/h7-11,13-14,17,20-25,32,34H,12,15H2,1-6H3,(H,31,33)/t17-,20+,21-,22+,23?,24+,25-,29+,30-/m1/s1. The van der Waals surface area contributed by atoms with E-state index in [0.717, 1.165) is 17.6 Å². The summed E-state index contributed by atoms with van der Waals surface area (Å²) in [5.74, 6) is -0.447. The first-order valence-corrected chi connectivity index (χ1v) is 13.5. The Hall–Kier alpha value is -2.19. The zero-order chi connectivity index (χ0) is 26.5. The van der Waals surface area contributed by atoms with Gasteiger partial charge in [-0.25, -0.2) is 4.79 Å². The van der Waals surface area contributed by atoms with Crippen molar-refractivity contribution in [1.29, 1.82) is 0 Å². The van der Waals surface area contributed by atoms with Crippen molar-refractivity contribution in [2.75, 3.05) is 11.9 Å². The topological polar surface area (TPSA) is 97.2 Å². The van der Waals surface area contributed by atoms with Crippen LogP contribution < -0.4 is 5.32 Å². The van der Waals surface area contributed by atoms with Gasteiger partial charge in [0, 0.05) is 11.6 Å². The van der Waals surface area contributed by atoms with Crippen LogP contribution in [0, 0.1) is 34.5 Å². The number of para-hydroxylation sites is 1. The highest BCUT2D eigenvalue weighted by molar-refractivity contribution is 5.85. The van der Waals surface area contributed by atoms with Crippen LogP contribution in [0.2, 0.25) is 0 Å². The van der Waals surface area contributed by atoms with Crippen molar-refractivity contribution >= 4 is 11.8 Å². The number of carbonyl (C=O) groups is 1. The Morgan fingerprint density at radius 1 is 1.16 bits per heavy atom. The molecule has 3 fully saturated rings. The number of hydrogen-bond donors (Lipinski definition) is 3. The molecule has 1 aromatic rings. The second-order valence-electron chi connectivity index (χ2n) is 13.0. The summed E-state index contributed by atoms with van der Waals surface area (Å²) in [5.41, 5.74) is -0.535. The van der Waals surface area contributed by atoms with Crippen molar-refractivity contribution < 1.29 is 29.2 Å². The smallest absolute Gasteiger partial charge is 0.412 e. The summed E-state index contributed by atoms with van der Waals surface area (Å²) in [6.45, 7) is 12.5. The molecule has 4 aliphatic carbocycles. The lowest BCUT2D eigenvalue weighted by molar-refractivity contribution is -0.311. The van der Waals surface area contributed by atoms with E-state index in [1.54, 1.807) is 12.1 Å². The Bertz CT molecular complexity index is 1170. The molecule has 6 rings (SSSR count). The summed E-state index contributed by atoms with van der Waals surface area (Å²) in [5, 5.41) is 28.1. The van der Waals surface area contributed by atoms with Gasteiger partial charge in [-0.1, -0.05) is 51.1 Å². The quantitative estimate of drug-likeness (QED) is 0.502. The minimum Gasteiger partial charge on any atom is -0.438 e. The monoisotopic (exact) mass is 509 g/mol. The third-order valence-electron chi connectivity index (χ3n) is 10.2. The Morgan fingerprint density at radius 2 is 1.86 bits per heavy atom. The Balaban J connectivity index is 1.46. The van der Waals surface area contributed by atoms with Crippen LogP contribution in [0.4, 0.5) is 10.5 Å². The van der Waals surface area contributed by atoms with Gasteiger partial charge in [0.25, 0.3) is 0 Å². The zero-order valence-corrected chi connectivity index (χ0v) is 22.5. The fraction of sp³-hybridized carbons (Fsp3) is 0.633. The average Bonchev–Trinajstić information content (AvgIpc) is 3.32. The lowest BCUT2D eigenvalue weighted by Crippen LogP contribution is -2.69.